The minimum atomic E-state index is 0.0903. The number of aromatic nitrogens is 2. The molecule has 0 aliphatic heterocycles. The van der Waals surface area contributed by atoms with E-state index >= 15 is 0 Å². The number of rotatable bonds is 7. The van der Waals surface area contributed by atoms with Crippen LogP contribution in [0, 0.1) is 6.92 Å². The van der Waals surface area contributed by atoms with Crippen molar-refractivity contribution >= 4 is 5.91 Å². The van der Waals surface area contributed by atoms with Crippen LogP contribution in [0.4, 0.5) is 0 Å². The Morgan fingerprint density at radius 1 is 1.26 bits per heavy atom. The smallest absolute Gasteiger partial charge is 0.257 e. The van der Waals surface area contributed by atoms with E-state index in [4.69, 9.17) is 0 Å². The topological polar surface area (TPSA) is 38.1 Å². The monoisotopic (exact) mass is 313 g/mol. The first-order valence-corrected chi connectivity index (χ1v) is 8.51. The molecule has 23 heavy (non-hydrogen) atoms. The summed E-state index contributed by atoms with van der Waals surface area (Å²) in [5.74, 6) is 0.0903. The van der Waals surface area contributed by atoms with Gasteiger partial charge in [-0.1, -0.05) is 38.5 Å². The molecule has 0 aliphatic rings. The van der Waals surface area contributed by atoms with Crippen molar-refractivity contribution < 1.29 is 4.79 Å². The molecule has 0 aliphatic carbocycles. The molecule has 1 aromatic carbocycles. The average Bonchev–Trinajstić information content (AvgIpc) is 2.97. The van der Waals surface area contributed by atoms with E-state index in [-0.39, 0.29) is 11.9 Å². The Bertz CT molecular complexity index is 633. The third-order valence-electron chi connectivity index (χ3n) is 4.38. The van der Waals surface area contributed by atoms with Crippen LogP contribution in [0.3, 0.4) is 0 Å². The molecule has 0 fully saturated rings. The molecule has 1 heterocycles. The summed E-state index contributed by atoms with van der Waals surface area (Å²) >= 11 is 0. The van der Waals surface area contributed by atoms with Gasteiger partial charge in [0.2, 0.25) is 0 Å². The number of unbranched alkanes of at least 4 members (excludes halogenated alkanes) is 1. The quantitative estimate of drug-likeness (QED) is 0.767. The van der Waals surface area contributed by atoms with Crippen molar-refractivity contribution in [1.29, 1.82) is 0 Å². The molecule has 124 valence electrons. The first-order valence-electron chi connectivity index (χ1n) is 8.51. The van der Waals surface area contributed by atoms with E-state index in [1.165, 1.54) is 0 Å². The molecule has 0 saturated heterocycles. The standard InChI is InChI=1S/C19H27N3O/c1-5-7-13-21(15(3)6-2)19(23)18-14-20-22(16(18)4)17-11-9-8-10-12-17/h8-12,14-15H,5-7,13H2,1-4H3. The molecule has 4 heteroatoms. The van der Waals surface area contributed by atoms with E-state index < -0.39 is 0 Å². The number of para-hydroxylation sites is 1. The van der Waals surface area contributed by atoms with E-state index in [2.05, 4.69) is 25.9 Å². The highest BCUT2D eigenvalue weighted by molar-refractivity contribution is 5.95. The number of carbonyl (C=O) groups is 1. The number of hydrogen-bond acceptors (Lipinski definition) is 2. The van der Waals surface area contributed by atoms with Crippen molar-refractivity contribution in [1.82, 2.24) is 14.7 Å². The van der Waals surface area contributed by atoms with Gasteiger partial charge in [0.25, 0.3) is 5.91 Å². The number of benzene rings is 1. The molecule has 2 rings (SSSR count). The van der Waals surface area contributed by atoms with E-state index in [0.717, 1.165) is 37.2 Å². The lowest BCUT2D eigenvalue weighted by Crippen LogP contribution is -2.39. The minimum absolute atomic E-state index is 0.0903. The fourth-order valence-corrected chi connectivity index (χ4v) is 2.67. The van der Waals surface area contributed by atoms with Crippen molar-refractivity contribution in [3.8, 4) is 5.69 Å². The van der Waals surface area contributed by atoms with Crippen molar-refractivity contribution in [2.75, 3.05) is 6.54 Å². The summed E-state index contributed by atoms with van der Waals surface area (Å²) < 4.78 is 1.84. The third-order valence-corrected chi connectivity index (χ3v) is 4.38. The maximum absolute atomic E-state index is 13.0. The van der Waals surface area contributed by atoms with Gasteiger partial charge in [-0.25, -0.2) is 4.68 Å². The summed E-state index contributed by atoms with van der Waals surface area (Å²) in [6, 6.07) is 10.2. The van der Waals surface area contributed by atoms with Gasteiger partial charge < -0.3 is 4.90 Å². The molecule has 0 N–H and O–H groups in total. The van der Waals surface area contributed by atoms with Crippen LogP contribution in [0.1, 0.15) is 56.1 Å². The summed E-state index contributed by atoms with van der Waals surface area (Å²) in [7, 11) is 0. The normalized spacial score (nSPS) is 12.2. The Kier molecular flexibility index (Phi) is 5.97. The molecule has 0 bridgehead atoms. The Morgan fingerprint density at radius 3 is 2.57 bits per heavy atom. The van der Waals surface area contributed by atoms with E-state index in [0.29, 0.717) is 5.56 Å². The van der Waals surface area contributed by atoms with Gasteiger partial charge in [-0.15, -0.1) is 0 Å². The van der Waals surface area contributed by atoms with Gasteiger partial charge in [0, 0.05) is 12.6 Å². The van der Waals surface area contributed by atoms with Crippen molar-refractivity contribution in [2.45, 2.75) is 53.0 Å². The highest BCUT2D eigenvalue weighted by atomic mass is 16.2. The van der Waals surface area contributed by atoms with E-state index in [9.17, 15) is 4.79 Å². The Morgan fingerprint density at radius 2 is 1.96 bits per heavy atom. The zero-order chi connectivity index (χ0) is 16.8. The number of nitrogens with zero attached hydrogens (tertiary/aromatic N) is 3. The van der Waals surface area contributed by atoms with Crippen LogP contribution in [0.15, 0.2) is 36.5 Å². The summed E-state index contributed by atoms with van der Waals surface area (Å²) in [4.78, 5) is 15.0. The van der Waals surface area contributed by atoms with Gasteiger partial charge >= 0.3 is 0 Å². The predicted octanol–water partition coefficient (Wildman–Crippen LogP) is 4.22. The highest BCUT2D eigenvalue weighted by Gasteiger charge is 2.23. The van der Waals surface area contributed by atoms with Gasteiger partial charge in [0.15, 0.2) is 0 Å². The molecule has 0 radical (unpaired) electrons. The third kappa shape index (κ3) is 3.81. The summed E-state index contributed by atoms with van der Waals surface area (Å²) in [6.45, 7) is 9.15. The maximum atomic E-state index is 13.0. The second kappa shape index (κ2) is 7.95. The largest absolute Gasteiger partial charge is 0.336 e. The first-order chi connectivity index (χ1) is 11.1. The van der Waals surface area contributed by atoms with Gasteiger partial charge in [-0.2, -0.15) is 5.10 Å². The number of hydrogen-bond donors (Lipinski definition) is 0. The molecular formula is C19H27N3O. The van der Waals surface area contributed by atoms with Crippen LogP contribution in [0.2, 0.25) is 0 Å². The van der Waals surface area contributed by atoms with Gasteiger partial charge in [-0.05, 0) is 38.8 Å². The number of carbonyl (C=O) groups excluding carboxylic acids is 1. The van der Waals surface area contributed by atoms with Gasteiger partial charge in [0.1, 0.15) is 0 Å². The van der Waals surface area contributed by atoms with Crippen LogP contribution in [0.5, 0.6) is 0 Å². The molecule has 4 nitrogen and oxygen atoms in total. The lowest BCUT2D eigenvalue weighted by molar-refractivity contribution is 0.0684. The molecule has 1 unspecified atom stereocenters. The van der Waals surface area contributed by atoms with Crippen LogP contribution in [0.25, 0.3) is 5.69 Å². The zero-order valence-electron chi connectivity index (χ0n) is 14.6. The van der Waals surface area contributed by atoms with Gasteiger partial charge in [0.05, 0.1) is 23.1 Å². The fraction of sp³-hybridized carbons (Fsp3) is 0.474. The minimum Gasteiger partial charge on any atom is -0.336 e. The van der Waals surface area contributed by atoms with E-state index in [1.54, 1.807) is 6.20 Å². The van der Waals surface area contributed by atoms with Crippen LogP contribution in [-0.4, -0.2) is 33.2 Å². The molecule has 0 spiro atoms. The summed E-state index contributed by atoms with van der Waals surface area (Å²) in [5, 5.41) is 4.42. The number of amides is 1. The predicted molar refractivity (Wildman–Crippen MR) is 94.0 cm³/mol. The van der Waals surface area contributed by atoms with Crippen LogP contribution < -0.4 is 0 Å². The lowest BCUT2D eigenvalue weighted by atomic mass is 10.1. The molecule has 1 amide bonds. The maximum Gasteiger partial charge on any atom is 0.257 e. The molecular weight excluding hydrogens is 286 g/mol. The molecule has 0 saturated carbocycles. The Hall–Kier alpha value is -2.10. The lowest BCUT2D eigenvalue weighted by Gasteiger charge is -2.28. The zero-order valence-corrected chi connectivity index (χ0v) is 14.6. The first kappa shape index (κ1) is 17.3. The van der Waals surface area contributed by atoms with Crippen molar-refractivity contribution in [2.24, 2.45) is 0 Å². The SMILES string of the molecule is CCCCN(C(=O)c1cnn(-c2ccccc2)c1C)C(C)CC. The fourth-order valence-electron chi connectivity index (χ4n) is 2.67. The summed E-state index contributed by atoms with van der Waals surface area (Å²) in [6.07, 6.45) is 4.78. The molecule has 1 aromatic heterocycles. The summed E-state index contributed by atoms with van der Waals surface area (Å²) in [5.41, 5.74) is 2.57. The van der Waals surface area contributed by atoms with Crippen molar-refractivity contribution in [3.05, 3.63) is 47.8 Å². The second-order valence-electron chi connectivity index (χ2n) is 6.00. The van der Waals surface area contributed by atoms with Crippen LogP contribution in [-0.2, 0) is 0 Å². The molecule has 2 aromatic rings. The van der Waals surface area contributed by atoms with E-state index in [1.807, 2.05) is 46.8 Å². The van der Waals surface area contributed by atoms with Gasteiger partial charge in [-0.3, -0.25) is 4.79 Å². The Balaban J connectivity index is 2.29. The highest BCUT2D eigenvalue weighted by Crippen LogP contribution is 2.18. The molecule has 1 atom stereocenters. The average molecular weight is 313 g/mol. The van der Waals surface area contributed by atoms with Crippen molar-refractivity contribution in [3.63, 3.8) is 0 Å². The Labute approximate surface area is 139 Å². The second-order valence-corrected chi connectivity index (χ2v) is 6.00. The van der Waals surface area contributed by atoms with Crippen LogP contribution >= 0.6 is 0 Å².